The Bertz CT molecular complexity index is 1020. The second kappa shape index (κ2) is 8.12. The first-order valence-corrected chi connectivity index (χ1v) is 10.3. The third kappa shape index (κ3) is 3.79. The van der Waals surface area contributed by atoms with Gasteiger partial charge in [-0.1, -0.05) is 11.6 Å². The number of pyridine rings is 1. The second-order valence-electron chi connectivity index (χ2n) is 6.52. The van der Waals surface area contributed by atoms with Gasteiger partial charge in [0.15, 0.2) is 0 Å². The predicted octanol–water partition coefficient (Wildman–Crippen LogP) is 5.03. The average Bonchev–Trinajstić information content (AvgIpc) is 3.07. The normalized spacial score (nSPS) is 13.5. The number of benzene rings is 1. The van der Waals surface area contributed by atoms with E-state index in [1.807, 2.05) is 16.3 Å². The van der Waals surface area contributed by atoms with Crippen LogP contribution in [-0.4, -0.2) is 23.3 Å². The number of nitrogens with one attached hydrogen (secondary N) is 1. The molecule has 3 aromatic rings. The van der Waals surface area contributed by atoms with Crippen LogP contribution in [0.1, 0.15) is 38.4 Å². The summed E-state index contributed by atoms with van der Waals surface area (Å²) in [6.07, 6.45) is 4.65. The maximum atomic E-state index is 13.0. The minimum Gasteiger partial charge on any atom is -0.322 e. The monoisotopic (exact) mass is 411 g/mol. The molecule has 142 valence electrons. The van der Waals surface area contributed by atoms with Gasteiger partial charge in [0.25, 0.3) is 11.8 Å². The van der Waals surface area contributed by atoms with Gasteiger partial charge in [-0.25, -0.2) is 4.98 Å². The molecular weight excluding hydrogens is 394 g/mol. The molecule has 0 aliphatic carbocycles. The third-order valence-electron chi connectivity index (χ3n) is 4.69. The fourth-order valence-corrected chi connectivity index (χ4v) is 4.38. The first kappa shape index (κ1) is 18.7. The molecule has 3 heterocycles. The van der Waals surface area contributed by atoms with E-state index in [0.29, 0.717) is 16.8 Å². The Morgan fingerprint density at radius 2 is 1.93 bits per heavy atom. The van der Waals surface area contributed by atoms with E-state index in [1.165, 1.54) is 11.1 Å². The van der Waals surface area contributed by atoms with Gasteiger partial charge in [0.05, 0.1) is 11.3 Å². The summed E-state index contributed by atoms with van der Waals surface area (Å²) < 4.78 is 0. The van der Waals surface area contributed by atoms with Gasteiger partial charge in [-0.05, 0) is 67.1 Å². The van der Waals surface area contributed by atoms with Crippen molar-refractivity contribution >= 4 is 46.1 Å². The largest absolute Gasteiger partial charge is 0.322 e. The van der Waals surface area contributed by atoms with Crippen LogP contribution in [0.4, 0.5) is 11.4 Å². The zero-order chi connectivity index (χ0) is 19.5. The highest BCUT2D eigenvalue weighted by molar-refractivity contribution is 7.10. The molecule has 0 unspecified atom stereocenters. The average molecular weight is 412 g/mol. The number of nitrogens with zero attached hydrogens (tertiary/aromatic N) is 2. The number of anilines is 2. The Labute approximate surface area is 172 Å². The Kier molecular flexibility index (Phi) is 5.41. The van der Waals surface area contributed by atoms with Crippen LogP contribution in [0.5, 0.6) is 0 Å². The minimum absolute atomic E-state index is 0.0188. The van der Waals surface area contributed by atoms with E-state index < -0.39 is 0 Å². The van der Waals surface area contributed by atoms with Crippen LogP contribution in [0.3, 0.4) is 0 Å². The van der Waals surface area contributed by atoms with Crippen molar-refractivity contribution in [1.29, 1.82) is 0 Å². The number of aromatic nitrogens is 1. The van der Waals surface area contributed by atoms with Gasteiger partial charge in [-0.2, -0.15) is 0 Å². The quantitative estimate of drug-likeness (QED) is 0.614. The van der Waals surface area contributed by atoms with Gasteiger partial charge in [-0.3, -0.25) is 9.59 Å². The van der Waals surface area contributed by atoms with E-state index in [-0.39, 0.29) is 17.0 Å². The lowest BCUT2D eigenvalue weighted by molar-refractivity contribution is 0.0986. The van der Waals surface area contributed by atoms with E-state index in [9.17, 15) is 9.59 Å². The van der Waals surface area contributed by atoms with Gasteiger partial charge in [0.2, 0.25) is 0 Å². The fourth-order valence-electron chi connectivity index (χ4n) is 3.25. The van der Waals surface area contributed by atoms with Crippen molar-refractivity contribution in [2.24, 2.45) is 0 Å². The van der Waals surface area contributed by atoms with Gasteiger partial charge >= 0.3 is 0 Å². The fraction of sp³-hybridized carbons (Fsp3) is 0.190. The molecule has 0 spiro atoms. The third-order valence-corrected chi connectivity index (χ3v) is 5.96. The molecule has 7 heteroatoms. The molecule has 1 aromatic carbocycles. The SMILES string of the molecule is O=C(Nc1ccc(C(=O)N2CCCCc3sccc32)cc1)c1cccnc1Cl. The topological polar surface area (TPSA) is 62.3 Å². The van der Waals surface area contributed by atoms with Crippen LogP contribution in [0.15, 0.2) is 54.0 Å². The Balaban J connectivity index is 1.50. The van der Waals surface area contributed by atoms with Crippen molar-refractivity contribution in [3.63, 3.8) is 0 Å². The van der Waals surface area contributed by atoms with Crippen LogP contribution in [-0.2, 0) is 6.42 Å². The molecule has 5 nitrogen and oxygen atoms in total. The van der Waals surface area contributed by atoms with Crippen molar-refractivity contribution in [1.82, 2.24) is 4.98 Å². The number of rotatable bonds is 3. The van der Waals surface area contributed by atoms with Crippen molar-refractivity contribution in [2.45, 2.75) is 19.3 Å². The number of thiophene rings is 1. The standard InChI is InChI=1S/C21H18ClN3O2S/c22-19-16(4-3-11-23-19)20(26)24-15-8-6-14(7-9-15)21(27)25-12-2-1-5-18-17(25)10-13-28-18/h3-4,6-11,13H,1-2,5,12H2,(H,24,26). The number of carbonyl (C=O) groups excluding carboxylic acids is 2. The first-order valence-electron chi connectivity index (χ1n) is 9.03. The molecule has 0 bridgehead atoms. The molecular formula is C21H18ClN3O2S. The summed E-state index contributed by atoms with van der Waals surface area (Å²) in [5.74, 6) is -0.359. The Morgan fingerprint density at radius 1 is 1.11 bits per heavy atom. The van der Waals surface area contributed by atoms with Crippen LogP contribution < -0.4 is 10.2 Å². The molecule has 4 rings (SSSR count). The molecule has 0 saturated carbocycles. The number of aryl methyl sites for hydroxylation is 1. The number of fused-ring (bicyclic) bond motifs is 1. The van der Waals surface area contributed by atoms with Gasteiger partial charge in [0.1, 0.15) is 5.15 Å². The molecule has 1 aliphatic rings. The highest BCUT2D eigenvalue weighted by atomic mass is 35.5. The summed E-state index contributed by atoms with van der Waals surface area (Å²) in [5.41, 5.74) is 2.51. The lowest BCUT2D eigenvalue weighted by Gasteiger charge is -2.21. The van der Waals surface area contributed by atoms with Crippen molar-refractivity contribution in [3.05, 3.63) is 75.2 Å². The molecule has 0 atom stereocenters. The summed E-state index contributed by atoms with van der Waals surface area (Å²) in [4.78, 5) is 32.4. The molecule has 0 fully saturated rings. The zero-order valence-corrected chi connectivity index (χ0v) is 16.6. The van der Waals surface area contributed by atoms with Crippen molar-refractivity contribution in [2.75, 3.05) is 16.8 Å². The number of hydrogen-bond donors (Lipinski definition) is 1. The molecule has 2 aromatic heterocycles. The molecule has 28 heavy (non-hydrogen) atoms. The molecule has 0 saturated heterocycles. The summed E-state index contributed by atoms with van der Waals surface area (Å²) in [7, 11) is 0. The van der Waals surface area contributed by atoms with E-state index in [4.69, 9.17) is 11.6 Å². The number of hydrogen-bond acceptors (Lipinski definition) is 4. The molecule has 2 amide bonds. The van der Waals surface area contributed by atoms with Gasteiger partial charge in [-0.15, -0.1) is 11.3 Å². The Morgan fingerprint density at radius 3 is 2.71 bits per heavy atom. The summed E-state index contributed by atoms with van der Waals surface area (Å²) in [6.45, 7) is 0.723. The van der Waals surface area contributed by atoms with E-state index in [1.54, 1.807) is 47.7 Å². The van der Waals surface area contributed by atoms with Crippen LogP contribution in [0.25, 0.3) is 0 Å². The lowest BCUT2D eigenvalue weighted by Crippen LogP contribution is -2.31. The zero-order valence-electron chi connectivity index (χ0n) is 15.0. The van der Waals surface area contributed by atoms with Gasteiger partial charge < -0.3 is 10.2 Å². The van der Waals surface area contributed by atoms with Crippen LogP contribution in [0.2, 0.25) is 5.15 Å². The first-order chi connectivity index (χ1) is 13.6. The predicted molar refractivity (Wildman–Crippen MR) is 113 cm³/mol. The van der Waals surface area contributed by atoms with E-state index in [2.05, 4.69) is 10.3 Å². The summed E-state index contributed by atoms with van der Waals surface area (Å²) in [6, 6.07) is 12.2. The highest BCUT2D eigenvalue weighted by Gasteiger charge is 2.23. The smallest absolute Gasteiger partial charge is 0.258 e. The maximum Gasteiger partial charge on any atom is 0.258 e. The molecule has 1 N–H and O–H groups in total. The van der Waals surface area contributed by atoms with Crippen LogP contribution >= 0.6 is 22.9 Å². The molecule has 0 radical (unpaired) electrons. The summed E-state index contributed by atoms with van der Waals surface area (Å²) in [5, 5.41) is 4.97. The van der Waals surface area contributed by atoms with Crippen molar-refractivity contribution < 1.29 is 9.59 Å². The lowest BCUT2D eigenvalue weighted by atomic mass is 10.1. The van der Waals surface area contributed by atoms with Crippen molar-refractivity contribution in [3.8, 4) is 0 Å². The number of amides is 2. The molecule has 1 aliphatic heterocycles. The number of halogens is 1. The van der Waals surface area contributed by atoms with Gasteiger partial charge in [0, 0.05) is 28.9 Å². The van der Waals surface area contributed by atoms with E-state index in [0.717, 1.165) is 31.5 Å². The van der Waals surface area contributed by atoms with E-state index >= 15 is 0 Å². The maximum absolute atomic E-state index is 13.0. The number of carbonyl (C=O) groups is 2. The second-order valence-corrected chi connectivity index (χ2v) is 7.87. The highest BCUT2D eigenvalue weighted by Crippen LogP contribution is 2.32. The Hall–Kier alpha value is -2.70. The van der Waals surface area contributed by atoms with Crippen LogP contribution in [0, 0.1) is 0 Å². The minimum atomic E-state index is -0.340. The summed E-state index contributed by atoms with van der Waals surface area (Å²) >= 11 is 7.67.